The minimum atomic E-state index is -0.689. The highest BCUT2D eigenvalue weighted by Crippen LogP contribution is 2.23. The highest BCUT2D eigenvalue weighted by molar-refractivity contribution is 7.98. The lowest BCUT2D eigenvalue weighted by molar-refractivity contribution is 0.0735. The zero-order valence-corrected chi connectivity index (χ0v) is 11.6. The van der Waals surface area contributed by atoms with Crippen LogP contribution in [0, 0.1) is 5.82 Å². The molecule has 0 bridgehead atoms. The van der Waals surface area contributed by atoms with Gasteiger partial charge in [-0.05, 0) is 24.8 Å². The number of benzene rings is 1. The van der Waals surface area contributed by atoms with Crippen LogP contribution in [-0.4, -0.2) is 41.0 Å². The van der Waals surface area contributed by atoms with E-state index < -0.39 is 11.7 Å². The van der Waals surface area contributed by atoms with Gasteiger partial charge in [-0.25, -0.2) is 4.39 Å². The molecule has 0 aromatic heterocycles. The van der Waals surface area contributed by atoms with Gasteiger partial charge in [0.1, 0.15) is 17.1 Å². The van der Waals surface area contributed by atoms with Crippen LogP contribution in [0.15, 0.2) is 18.2 Å². The summed E-state index contributed by atoms with van der Waals surface area (Å²) >= 11 is 1.63. The van der Waals surface area contributed by atoms with E-state index >= 15 is 0 Å². The number of rotatable bonds is 5. The third kappa shape index (κ3) is 3.16. The smallest absolute Gasteiger partial charge is 0.260 e. The van der Waals surface area contributed by atoms with Gasteiger partial charge in [0.25, 0.3) is 5.91 Å². The Morgan fingerprint density at radius 1 is 1.56 bits per heavy atom. The summed E-state index contributed by atoms with van der Waals surface area (Å²) in [6, 6.07) is 3.91. The van der Waals surface area contributed by atoms with Gasteiger partial charge in [0.15, 0.2) is 0 Å². The molecule has 0 fully saturated rings. The molecular formula is C13H18FNO2S. The Kier molecular flexibility index (Phi) is 5.47. The molecule has 5 heteroatoms. The molecule has 1 amide bonds. The molecule has 1 aromatic rings. The lowest BCUT2D eigenvalue weighted by Crippen LogP contribution is -2.38. The topological polar surface area (TPSA) is 40.5 Å². The number of halogens is 1. The first-order valence-electron chi connectivity index (χ1n) is 5.76. The first-order valence-corrected chi connectivity index (χ1v) is 7.15. The maximum atomic E-state index is 13.6. The van der Waals surface area contributed by atoms with Crippen molar-refractivity contribution in [1.82, 2.24) is 4.90 Å². The van der Waals surface area contributed by atoms with Crippen molar-refractivity contribution >= 4 is 17.7 Å². The van der Waals surface area contributed by atoms with Gasteiger partial charge in [0.05, 0.1) is 0 Å². The van der Waals surface area contributed by atoms with Gasteiger partial charge in [-0.1, -0.05) is 13.0 Å². The third-order valence-corrected chi connectivity index (χ3v) is 3.62. The molecule has 3 nitrogen and oxygen atoms in total. The SMILES string of the molecule is CCC(CSC)N(C)C(=O)c1c(O)cccc1F. The number of aromatic hydroxyl groups is 1. The summed E-state index contributed by atoms with van der Waals surface area (Å²) in [6.07, 6.45) is 2.75. The Hall–Kier alpha value is -1.23. The van der Waals surface area contributed by atoms with Crippen molar-refractivity contribution in [3.63, 3.8) is 0 Å². The number of hydrogen-bond acceptors (Lipinski definition) is 3. The summed E-state index contributed by atoms with van der Waals surface area (Å²) < 4.78 is 13.6. The van der Waals surface area contributed by atoms with Gasteiger partial charge in [0.2, 0.25) is 0 Å². The molecule has 100 valence electrons. The highest BCUT2D eigenvalue weighted by Gasteiger charge is 2.24. The van der Waals surface area contributed by atoms with E-state index in [4.69, 9.17) is 0 Å². The summed E-state index contributed by atoms with van der Waals surface area (Å²) in [7, 11) is 1.64. The molecule has 1 N–H and O–H groups in total. The second-order valence-electron chi connectivity index (χ2n) is 4.07. The van der Waals surface area contributed by atoms with E-state index in [1.54, 1.807) is 18.8 Å². The van der Waals surface area contributed by atoms with Crippen LogP contribution in [0.3, 0.4) is 0 Å². The van der Waals surface area contributed by atoms with Gasteiger partial charge >= 0.3 is 0 Å². The molecule has 1 atom stereocenters. The second kappa shape index (κ2) is 6.64. The molecule has 1 rings (SSSR count). The number of thioether (sulfide) groups is 1. The molecule has 0 heterocycles. The van der Waals surface area contributed by atoms with E-state index in [2.05, 4.69) is 0 Å². The minimum absolute atomic E-state index is 0.0338. The van der Waals surface area contributed by atoms with Crippen LogP contribution in [-0.2, 0) is 0 Å². The Bertz CT molecular complexity index is 405. The average Bonchev–Trinajstić information content (AvgIpc) is 2.34. The number of carbonyl (C=O) groups is 1. The van der Waals surface area contributed by atoms with Crippen LogP contribution >= 0.6 is 11.8 Å². The van der Waals surface area contributed by atoms with Crippen LogP contribution in [0.2, 0.25) is 0 Å². The number of hydrogen-bond donors (Lipinski definition) is 1. The normalized spacial score (nSPS) is 12.2. The molecule has 1 aromatic carbocycles. The summed E-state index contributed by atoms with van der Waals surface area (Å²) in [5.74, 6) is -0.697. The highest BCUT2D eigenvalue weighted by atomic mass is 32.2. The summed E-state index contributed by atoms with van der Waals surface area (Å²) in [4.78, 5) is 13.7. The lowest BCUT2D eigenvalue weighted by atomic mass is 10.1. The first-order chi connectivity index (χ1) is 8.52. The van der Waals surface area contributed by atoms with Crippen LogP contribution in [0.25, 0.3) is 0 Å². The number of phenolic OH excluding ortho intramolecular Hbond substituents is 1. The van der Waals surface area contributed by atoms with Crippen molar-refractivity contribution in [3.05, 3.63) is 29.6 Å². The summed E-state index contributed by atoms with van der Waals surface area (Å²) in [6.45, 7) is 1.98. The van der Waals surface area contributed by atoms with Crippen molar-refractivity contribution in [3.8, 4) is 5.75 Å². The minimum Gasteiger partial charge on any atom is -0.507 e. The molecule has 1 unspecified atom stereocenters. The molecule has 18 heavy (non-hydrogen) atoms. The van der Waals surface area contributed by atoms with Gasteiger partial charge < -0.3 is 10.0 Å². The third-order valence-electron chi connectivity index (χ3n) is 2.90. The fourth-order valence-corrected chi connectivity index (χ4v) is 2.61. The van der Waals surface area contributed by atoms with Crippen molar-refractivity contribution in [2.24, 2.45) is 0 Å². The monoisotopic (exact) mass is 271 g/mol. The molecule has 0 aliphatic rings. The van der Waals surface area contributed by atoms with Crippen LogP contribution in [0.1, 0.15) is 23.7 Å². The summed E-state index contributed by atoms with van der Waals surface area (Å²) in [5.41, 5.74) is -0.250. The van der Waals surface area contributed by atoms with Gasteiger partial charge in [-0.2, -0.15) is 11.8 Å². The molecule has 0 saturated carbocycles. The summed E-state index contributed by atoms with van der Waals surface area (Å²) in [5, 5.41) is 9.60. The van der Waals surface area contributed by atoms with Crippen molar-refractivity contribution < 1.29 is 14.3 Å². The van der Waals surface area contributed by atoms with E-state index in [1.165, 1.54) is 23.1 Å². The van der Waals surface area contributed by atoms with Gasteiger partial charge in [-0.3, -0.25) is 4.79 Å². The fourth-order valence-electron chi connectivity index (χ4n) is 1.76. The Morgan fingerprint density at radius 2 is 2.22 bits per heavy atom. The molecule has 0 aliphatic carbocycles. The van der Waals surface area contributed by atoms with Crippen LogP contribution < -0.4 is 0 Å². The van der Waals surface area contributed by atoms with Crippen LogP contribution in [0.4, 0.5) is 4.39 Å². The molecule has 0 aliphatic heterocycles. The predicted octanol–water partition coefficient (Wildman–Crippen LogP) is 2.74. The second-order valence-corrected chi connectivity index (χ2v) is 4.98. The molecule has 0 spiro atoms. The maximum Gasteiger partial charge on any atom is 0.260 e. The van der Waals surface area contributed by atoms with E-state index in [-0.39, 0.29) is 17.4 Å². The Labute approximate surface area is 111 Å². The van der Waals surface area contributed by atoms with Crippen molar-refractivity contribution in [1.29, 1.82) is 0 Å². The quantitative estimate of drug-likeness (QED) is 0.895. The van der Waals surface area contributed by atoms with Gasteiger partial charge in [-0.15, -0.1) is 0 Å². The van der Waals surface area contributed by atoms with Crippen LogP contribution in [0.5, 0.6) is 5.75 Å². The lowest BCUT2D eigenvalue weighted by Gasteiger charge is -2.27. The Morgan fingerprint density at radius 3 is 2.72 bits per heavy atom. The number of amides is 1. The van der Waals surface area contributed by atoms with Crippen molar-refractivity contribution in [2.75, 3.05) is 19.1 Å². The van der Waals surface area contributed by atoms with E-state index in [0.29, 0.717) is 0 Å². The Balaban J connectivity index is 2.99. The zero-order chi connectivity index (χ0) is 13.7. The van der Waals surface area contributed by atoms with E-state index in [0.717, 1.165) is 12.2 Å². The molecule has 0 radical (unpaired) electrons. The predicted molar refractivity (Wildman–Crippen MR) is 72.6 cm³/mol. The number of carbonyl (C=O) groups excluding carboxylic acids is 1. The number of nitrogens with zero attached hydrogens (tertiary/aromatic N) is 1. The zero-order valence-electron chi connectivity index (χ0n) is 10.8. The maximum absolute atomic E-state index is 13.6. The molecule has 0 saturated heterocycles. The van der Waals surface area contributed by atoms with E-state index in [1.807, 2.05) is 13.2 Å². The molecular weight excluding hydrogens is 253 g/mol. The largest absolute Gasteiger partial charge is 0.507 e. The van der Waals surface area contributed by atoms with Gasteiger partial charge in [0, 0.05) is 18.8 Å². The standard InChI is InChI=1S/C13H18FNO2S/c1-4-9(8-18-3)15(2)13(17)12-10(14)6-5-7-11(12)16/h5-7,9,16H,4,8H2,1-3H3. The number of phenols is 1. The average molecular weight is 271 g/mol. The first kappa shape index (κ1) is 14.8. The van der Waals surface area contributed by atoms with Crippen molar-refractivity contribution in [2.45, 2.75) is 19.4 Å². The van der Waals surface area contributed by atoms with E-state index in [9.17, 15) is 14.3 Å². The fraction of sp³-hybridized carbons (Fsp3) is 0.462.